The number of carboxylic acids is 1. The molecule has 3 aromatic rings. The van der Waals surface area contributed by atoms with Crippen molar-refractivity contribution >= 4 is 35.3 Å². The zero-order valence-electron chi connectivity index (χ0n) is 18.8. The lowest BCUT2D eigenvalue weighted by atomic mass is 9.98. The van der Waals surface area contributed by atoms with E-state index in [1.807, 2.05) is 48.5 Å². The van der Waals surface area contributed by atoms with Gasteiger partial charge in [0.1, 0.15) is 12.6 Å². The zero-order chi connectivity index (χ0) is 24.9. The highest BCUT2D eigenvalue weighted by Gasteiger charge is 2.30. The van der Waals surface area contributed by atoms with Gasteiger partial charge in [-0.25, -0.2) is 9.59 Å². The molecule has 3 N–H and O–H groups in total. The molecule has 3 aromatic carbocycles. The fourth-order valence-electron chi connectivity index (χ4n) is 4.16. The molecule has 9 heteroatoms. The second-order valence-corrected chi connectivity index (χ2v) is 8.40. The average molecular weight is 495 g/mol. The molecule has 0 aliphatic heterocycles. The predicted molar refractivity (Wildman–Crippen MR) is 131 cm³/mol. The van der Waals surface area contributed by atoms with Crippen LogP contribution in [0.15, 0.2) is 66.7 Å². The van der Waals surface area contributed by atoms with Gasteiger partial charge in [-0.05, 0) is 40.5 Å². The van der Waals surface area contributed by atoms with Gasteiger partial charge in [-0.2, -0.15) is 0 Å². The van der Waals surface area contributed by atoms with E-state index in [-0.39, 0.29) is 35.4 Å². The Morgan fingerprint density at radius 3 is 2.23 bits per heavy atom. The van der Waals surface area contributed by atoms with Crippen LogP contribution in [0.5, 0.6) is 0 Å². The molecule has 0 aromatic heterocycles. The average Bonchev–Trinajstić information content (AvgIpc) is 3.16. The van der Waals surface area contributed by atoms with Crippen molar-refractivity contribution < 1.29 is 29.0 Å². The number of alkyl carbamates (subject to hydrolysis) is 1. The number of carboxylic acid groups (broad SMARTS) is 1. The van der Waals surface area contributed by atoms with E-state index in [9.17, 15) is 19.5 Å². The number of benzene rings is 3. The van der Waals surface area contributed by atoms with Crippen LogP contribution < -0.4 is 10.6 Å². The number of anilines is 1. The molecule has 1 aliphatic carbocycles. The summed E-state index contributed by atoms with van der Waals surface area (Å²) in [5.41, 5.74) is 4.20. The minimum atomic E-state index is -1.23. The van der Waals surface area contributed by atoms with E-state index in [0.717, 1.165) is 22.3 Å². The van der Waals surface area contributed by atoms with Gasteiger partial charge in [0.05, 0.1) is 17.9 Å². The Bertz CT molecular complexity index is 1230. The highest BCUT2D eigenvalue weighted by atomic mass is 35.5. The number of rotatable bonds is 8. The van der Waals surface area contributed by atoms with Gasteiger partial charge in [0.25, 0.3) is 0 Å². The first-order chi connectivity index (χ1) is 16.9. The maximum atomic E-state index is 12.8. The van der Waals surface area contributed by atoms with Crippen LogP contribution in [0.4, 0.5) is 10.5 Å². The lowest BCUT2D eigenvalue weighted by Gasteiger charge is -2.20. The molecule has 8 nitrogen and oxygen atoms in total. The summed E-state index contributed by atoms with van der Waals surface area (Å²) >= 11 is 5.95. The number of halogens is 1. The number of ether oxygens (including phenoxy) is 2. The van der Waals surface area contributed by atoms with E-state index in [2.05, 4.69) is 10.6 Å². The molecule has 1 atom stereocenters. The van der Waals surface area contributed by atoms with E-state index in [4.69, 9.17) is 21.1 Å². The second-order valence-electron chi connectivity index (χ2n) is 7.96. The molecule has 0 fully saturated rings. The van der Waals surface area contributed by atoms with Crippen LogP contribution in [0.3, 0.4) is 0 Å². The van der Waals surface area contributed by atoms with Gasteiger partial charge in [-0.3, -0.25) is 4.79 Å². The first-order valence-electron chi connectivity index (χ1n) is 10.8. The Kier molecular flexibility index (Phi) is 7.33. The fourth-order valence-corrected chi connectivity index (χ4v) is 4.33. The molecule has 0 radical (unpaired) electrons. The highest BCUT2D eigenvalue weighted by Crippen LogP contribution is 2.44. The molecule has 2 amide bonds. The van der Waals surface area contributed by atoms with Crippen molar-refractivity contribution in [3.05, 3.63) is 88.4 Å². The molecular formula is C26H23ClN2O6. The minimum Gasteiger partial charge on any atom is -0.478 e. The summed E-state index contributed by atoms with van der Waals surface area (Å²) in [5.74, 6) is -2.04. The van der Waals surface area contributed by atoms with Gasteiger partial charge in [0.2, 0.25) is 5.91 Å². The van der Waals surface area contributed by atoms with E-state index < -0.39 is 24.0 Å². The van der Waals surface area contributed by atoms with Crippen molar-refractivity contribution in [3.8, 4) is 11.1 Å². The van der Waals surface area contributed by atoms with E-state index >= 15 is 0 Å². The number of methoxy groups -OCH3 is 1. The predicted octanol–water partition coefficient (Wildman–Crippen LogP) is 4.53. The highest BCUT2D eigenvalue weighted by molar-refractivity contribution is 6.31. The zero-order valence-corrected chi connectivity index (χ0v) is 19.5. The summed E-state index contributed by atoms with van der Waals surface area (Å²) in [6.45, 7) is -0.0718. The van der Waals surface area contributed by atoms with Gasteiger partial charge in [-0.15, -0.1) is 0 Å². The summed E-state index contributed by atoms with van der Waals surface area (Å²) in [5, 5.41) is 14.6. The van der Waals surface area contributed by atoms with Crippen LogP contribution in [0, 0.1) is 0 Å². The maximum Gasteiger partial charge on any atom is 0.407 e. The van der Waals surface area contributed by atoms with E-state index in [0.29, 0.717) is 0 Å². The number of fused-ring (bicyclic) bond motifs is 3. The molecule has 180 valence electrons. The molecule has 1 unspecified atom stereocenters. The maximum absolute atomic E-state index is 12.8. The molecule has 4 rings (SSSR count). The van der Waals surface area contributed by atoms with Crippen molar-refractivity contribution in [1.29, 1.82) is 0 Å². The van der Waals surface area contributed by atoms with Crippen molar-refractivity contribution in [2.45, 2.75) is 12.0 Å². The quantitative estimate of drug-likeness (QED) is 0.424. The SMILES string of the molecule is COCC(NC(=O)OCC1c2ccccc2-c2ccccc21)C(=O)Nc1cc(Cl)ccc1C(=O)O. The number of nitrogens with one attached hydrogen (secondary N) is 2. The summed E-state index contributed by atoms with van der Waals surface area (Å²) in [4.78, 5) is 36.9. The van der Waals surface area contributed by atoms with E-state index in [1.54, 1.807) is 0 Å². The molecule has 0 spiro atoms. The second kappa shape index (κ2) is 10.6. The lowest BCUT2D eigenvalue weighted by molar-refractivity contribution is -0.119. The van der Waals surface area contributed by atoms with Gasteiger partial charge < -0.3 is 25.2 Å². The van der Waals surface area contributed by atoms with Crippen LogP contribution in [0.2, 0.25) is 5.02 Å². The monoisotopic (exact) mass is 494 g/mol. The van der Waals surface area contributed by atoms with Crippen molar-refractivity contribution in [2.24, 2.45) is 0 Å². The van der Waals surface area contributed by atoms with Crippen molar-refractivity contribution in [1.82, 2.24) is 5.32 Å². The Hall–Kier alpha value is -3.88. The van der Waals surface area contributed by atoms with E-state index in [1.165, 1.54) is 25.3 Å². The van der Waals surface area contributed by atoms with Crippen molar-refractivity contribution in [3.63, 3.8) is 0 Å². The molecule has 0 saturated carbocycles. The summed E-state index contributed by atoms with van der Waals surface area (Å²) < 4.78 is 10.6. The molecule has 0 bridgehead atoms. The molecule has 35 heavy (non-hydrogen) atoms. The van der Waals surface area contributed by atoms with Crippen LogP contribution in [-0.4, -0.2) is 49.4 Å². The van der Waals surface area contributed by atoms with Crippen LogP contribution in [-0.2, 0) is 14.3 Å². The third kappa shape index (κ3) is 5.29. The number of aromatic carboxylic acids is 1. The molecule has 1 aliphatic rings. The van der Waals surface area contributed by atoms with Crippen LogP contribution in [0.25, 0.3) is 11.1 Å². The summed E-state index contributed by atoms with van der Waals surface area (Å²) in [7, 11) is 1.38. The smallest absolute Gasteiger partial charge is 0.407 e. The number of carbonyl (C=O) groups is 3. The van der Waals surface area contributed by atoms with Gasteiger partial charge >= 0.3 is 12.1 Å². The Labute approximate surface area is 206 Å². The van der Waals surface area contributed by atoms with Gasteiger partial charge in [0, 0.05) is 18.1 Å². The summed E-state index contributed by atoms with van der Waals surface area (Å²) in [6.07, 6.45) is -0.798. The largest absolute Gasteiger partial charge is 0.478 e. The Morgan fingerprint density at radius 1 is 1.00 bits per heavy atom. The molecular weight excluding hydrogens is 472 g/mol. The Balaban J connectivity index is 1.43. The number of carbonyl (C=O) groups excluding carboxylic acids is 2. The summed E-state index contributed by atoms with van der Waals surface area (Å²) in [6, 6.07) is 18.8. The molecule has 0 heterocycles. The third-order valence-corrected chi connectivity index (χ3v) is 5.99. The third-order valence-electron chi connectivity index (χ3n) is 5.76. The standard InChI is InChI=1S/C26H23ClN2O6/c1-34-14-23(24(30)28-22-12-15(27)10-11-20(22)25(31)32)29-26(33)35-13-21-18-8-4-2-6-16(18)17-7-3-5-9-19(17)21/h2-12,21,23H,13-14H2,1H3,(H,28,30)(H,29,33)(H,31,32). The Morgan fingerprint density at radius 2 is 1.63 bits per heavy atom. The van der Waals surface area contributed by atoms with Crippen molar-refractivity contribution in [2.75, 3.05) is 25.6 Å². The lowest BCUT2D eigenvalue weighted by Crippen LogP contribution is -2.47. The fraction of sp³-hybridized carbons (Fsp3) is 0.192. The number of hydrogen-bond acceptors (Lipinski definition) is 5. The first-order valence-corrected chi connectivity index (χ1v) is 11.2. The van der Waals surface area contributed by atoms with Gasteiger partial charge in [0.15, 0.2) is 0 Å². The number of amides is 2. The van der Waals surface area contributed by atoms with Crippen LogP contribution in [0.1, 0.15) is 27.4 Å². The normalized spacial score (nSPS) is 12.9. The van der Waals surface area contributed by atoms with Crippen LogP contribution >= 0.6 is 11.6 Å². The minimum absolute atomic E-state index is 0.00504. The molecule has 0 saturated heterocycles. The van der Waals surface area contributed by atoms with Gasteiger partial charge in [-0.1, -0.05) is 60.1 Å². The number of hydrogen-bond donors (Lipinski definition) is 3. The topological polar surface area (TPSA) is 114 Å². The first kappa shape index (κ1) is 24.3.